The molecule has 2 aliphatic heterocycles. The summed E-state index contributed by atoms with van der Waals surface area (Å²) in [5, 5.41) is 8.45. The molecule has 2 N–H and O–H groups in total. The van der Waals surface area contributed by atoms with E-state index in [-0.39, 0.29) is 0 Å². The second-order valence-corrected chi connectivity index (χ2v) is 11.9. The summed E-state index contributed by atoms with van der Waals surface area (Å²) in [4.78, 5) is 0. The molecule has 0 bridgehead atoms. The highest BCUT2D eigenvalue weighted by Gasteiger charge is 2.52. The fourth-order valence-electron chi connectivity index (χ4n) is 9.01. The number of piperidine rings is 2. The van der Waals surface area contributed by atoms with Crippen molar-refractivity contribution in [2.45, 2.75) is 134 Å². The lowest BCUT2D eigenvalue weighted by atomic mass is 9.56. The van der Waals surface area contributed by atoms with Gasteiger partial charge < -0.3 is 10.6 Å². The van der Waals surface area contributed by atoms with Gasteiger partial charge in [0.2, 0.25) is 0 Å². The third-order valence-corrected chi connectivity index (χ3v) is 10.3. The van der Waals surface area contributed by atoms with Gasteiger partial charge in [0.05, 0.1) is 0 Å². The Morgan fingerprint density at radius 2 is 1.10 bits per heavy atom. The molecule has 2 saturated heterocycles. The largest absolute Gasteiger partial charge is 0.310 e. The molecule has 2 heterocycles. The molecule has 2 nitrogen and oxygen atoms in total. The minimum absolute atomic E-state index is 0.721. The van der Waals surface area contributed by atoms with Crippen molar-refractivity contribution < 1.29 is 0 Å². The van der Waals surface area contributed by atoms with Gasteiger partial charge in [-0.3, -0.25) is 0 Å². The number of hydrogen-bond acceptors (Lipinski definition) is 2. The van der Waals surface area contributed by atoms with Crippen LogP contribution in [0.3, 0.4) is 0 Å². The van der Waals surface area contributed by atoms with Crippen molar-refractivity contribution in [2.24, 2.45) is 35.5 Å². The van der Waals surface area contributed by atoms with E-state index in [2.05, 4.69) is 24.5 Å². The Bertz CT molecular complexity index is 521. The summed E-state index contributed by atoms with van der Waals surface area (Å²) in [6, 6.07) is 3.01. The summed E-state index contributed by atoms with van der Waals surface area (Å²) in [6.07, 6.45) is 22.5. The van der Waals surface area contributed by atoms with Crippen LogP contribution in [0, 0.1) is 35.5 Å². The van der Waals surface area contributed by atoms with Crippen molar-refractivity contribution in [3.63, 3.8) is 0 Å². The molecule has 3 saturated carbocycles. The predicted molar refractivity (Wildman–Crippen MR) is 123 cm³/mol. The van der Waals surface area contributed by atoms with Gasteiger partial charge in [0.25, 0.3) is 0 Å². The van der Waals surface area contributed by atoms with Gasteiger partial charge in [-0.25, -0.2) is 0 Å². The highest BCUT2D eigenvalue weighted by Crippen LogP contribution is 2.51. The van der Waals surface area contributed by atoms with Gasteiger partial charge in [0, 0.05) is 24.2 Å². The monoisotopic (exact) mass is 400 g/mol. The molecule has 0 radical (unpaired) electrons. The lowest BCUT2D eigenvalue weighted by Gasteiger charge is -2.58. The van der Waals surface area contributed by atoms with E-state index in [0.717, 1.165) is 59.7 Å². The minimum Gasteiger partial charge on any atom is -0.310 e. The topological polar surface area (TPSA) is 24.1 Å². The van der Waals surface area contributed by atoms with Crippen LogP contribution in [0.25, 0.3) is 0 Å². The van der Waals surface area contributed by atoms with Gasteiger partial charge in [-0.15, -0.1) is 0 Å². The van der Waals surface area contributed by atoms with E-state index in [9.17, 15) is 0 Å². The molecule has 29 heavy (non-hydrogen) atoms. The van der Waals surface area contributed by atoms with E-state index in [4.69, 9.17) is 0 Å². The van der Waals surface area contributed by atoms with Gasteiger partial charge in [0.1, 0.15) is 0 Å². The molecule has 5 rings (SSSR count). The van der Waals surface area contributed by atoms with Crippen LogP contribution in [0.1, 0.15) is 110 Å². The van der Waals surface area contributed by atoms with E-state index in [0.29, 0.717) is 0 Å². The molecule has 166 valence electrons. The van der Waals surface area contributed by atoms with Crippen LogP contribution in [-0.2, 0) is 0 Å². The maximum atomic E-state index is 4.25. The van der Waals surface area contributed by atoms with Crippen LogP contribution >= 0.6 is 0 Å². The molecule has 5 fully saturated rings. The second-order valence-electron chi connectivity index (χ2n) is 11.9. The summed E-state index contributed by atoms with van der Waals surface area (Å²) in [5.74, 6) is 6.00. The molecule has 5 aliphatic rings. The number of rotatable bonds is 3. The van der Waals surface area contributed by atoms with Crippen molar-refractivity contribution >= 4 is 0 Å². The Morgan fingerprint density at radius 1 is 0.586 bits per heavy atom. The van der Waals surface area contributed by atoms with Crippen LogP contribution in [0.5, 0.6) is 0 Å². The highest BCUT2D eigenvalue weighted by molar-refractivity contribution is 5.08. The van der Waals surface area contributed by atoms with Crippen LogP contribution in [0.15, 0.2) is 0 Å². The minimum atomic E-state index is 0.721. The summed E-state index contributed by atoms with van der Waals surface area (Å²) in [6.45, 7) is 4.92. The molecule has 0 aromatic heterocycles. The number of hydrogen-bond donors (Lipinski definition) is 2. The van der Waals surface area contributed by atoms with Gasteiger partial charge in [-0.2, -0.15) is 0 Å². The summed E-state index contributed by atoms with van der Waals surface area (Å²) >= 11 is 0. The maximum Gasteiger partial charge on any atom is 0.0257 e. The van der Waals surface area contributed by atoms with Crippen molar-refractivity contribution in [1.82, 2.24) is 10.6 Å². The molecule has 8 unspecified atom stereocenters. The lowest BCUT2D eigenvalue weighted by Crippen LogP contribution is -2.69. The average Bonchev–Trinajstić information content (AvgIpc) is 2.78. The summed E-state index contributed by atoms with van der Waals surface area (Å²) in [7, 11) is 0. The molecule has 0 aromatic carbocycles. The fraction of sp³-hybridized carbons (Fsp3) is 1.00. The first-order chi connectivity index (χ1) is 14.2. The number of fused-ring (bicyclic) bond motifs is 3. The summed E-state index contributed by atoms with van der Waals surface area (Å²) in [5.41, 5.74) is 0. The lowest BCUT2D eigenvalue weighted by molar-refractivity contribution is -0.0315. The average molecular weight is 401 g/mol. The number of nitrogens with one attached hydrogen (secondary N) is 2. The Hall–Kier alpha value is -0.0800. The first-order valence-electron chi connectivity index (χ1n) is 13.8. The van der Waals surface area contributed by atoms with Crippen LogP contribution in [0.2, 0.25) is 0 Å². The van der Waals surface area contributed by atoms with Crippen molar-refractivity contribution in [3.8, 4) is 0 Å². The van der Waals surface area contributed by atoms with Gasteiger partial charge in [-0.1, -0.05) is 71.1 Å². The van der Waals surface area contributed by atoms with Crippen LogP contribution < -0.4 is 10.6 Å². The van der Waals surface area contributed by atoms with Crippen molar-refractivity contribution in [3.05, 3.63) is 0 Å². The van der Waals surface area contributed by atoms with E-state index < -0.39 is 0 Å². The van der Waals surface area contributed by atoms with Crippen LogP contribution in [-0.4, -0.2) is 24.2 Å². The van der Waals surface area contributed by atoms with Crippen molar-refractivity contribution in [1.29, 1.82) is 0 Å². The van der Waals surface area contributed by atoms with Gasteiger partial charge >= 0.3 is 0 Å². The molecular weight excluding hydrogens is 352 g/mol. The molecule has 8 atom stereocenters. The molecule has 0 aromatic rings. The van der Waals surface area contributed by atoms with E-state index >= 15 is 0 Å². The standard InChI is InChI=1S/C27H48N2/c1-3-21-17-25(20-12-8-5-9-13-20)23-15-14-22-24(19-10-6-4-7-11-19)16-18(2)28-26(22)27(23)29-21/h18-29H,3-17H2,1-2H3. The summed E-state index contributed by atoms with van der Waals surface area (Å²) < 4.78 is 0. The third-order valence-electron chi connectivity index (χ3n) is 10.3. The zero-order valence-corrected chi connectivity index (χ0v) is 19.4. The first-order valence-corrected chi connectivity index (χ1v) is 13.8. The Labute approximate surface area is 180 Å². The van der Waals surface area contributed by atoms with E-state index in [1.165, 1.54) is 96.3 Å². The highest BCUT2D eigenvalue weighted by atomic mass is 15.1. The zero-order chi connectivity index (χ0) is 19.8. The molecule has 2 heteroatoms. The molecule has 0 spiro atoms. The van der Waals surface area contributed by atoms with Crippen LogP contribution in [0.4, 0.5) is 0 Å². The van der Waals surface area contributed by atoms with Crippen molar-refractivity contribution in [2.75, 3.05) is 0 Å². The first kappa shape index (κ1) is 20.8. The zero-order valence-electron chi connectivity index (χ0n) is 19.4. The van der Waals surface area contributed by atoms with Gasteiger partial charge in [0.15, 0.2) is 0 Å². The smallest absolute Gasteiger partial charge is 0.0257 e. The third kappa shape index (κ3) is 4.19. The second kappa shape index (κ2) is 9.19. The van der Waals surface area contributed by atoms with E-state index in [1.54, 1.807) is 0 Å². The van der Waals surface area contributed by atoms with E-state index in [1.807, 2.05) is 0 Å². The molecule has 0 amide bonds. The molecular formula is C27H48N2. The predicted octanol–water partition coefficient (Wildman–Crippen LogP) is 6.30. The van der Waals surface area contributed by atoms with Gasteiger partial charge in [-0.05, 0) is 74.5 Å². The molecule has 3 aliphatic carbocycles. The SMILES string of the molecule is CCC1CC(C2CCCCC2)C2CCC3C(C4CCCCC4)CC(C)NC3C2N1. The Balaban J connectivity index is 1.37. The normalized spacial score (nSPS) is 47.4. The Morgan fingerprint density at radius 3 is 1.66 bits per heavy atom. The Kier molecular flexibility index (Phi) is 6.59. The quantitative estimate of drug-likeness (QED) is 0.581. The fourth-order valence-corrected chi connectivity index (χ4v) is 9.01. The maximum absolute atomic E-state index is 4.25.